The number of nitrogens with zero attached hydrogens (tertiary/aromatic N) is 1. The van der Waals surface area contributed by atoms with Gasteiger partial charge >= 0.3 is 6.18 Å². The first kappa shape index (κ1) is 15.1. The van der Waals surface area contributed by atoms with Crippen LogP contribution < -0.4 is 4.74 Å². The second-order valence-corrected chi connectivity index (χ2v) is 5.26. The number of aliphatic hydroxyl groups is 1. The van der Waals surface area contributed by atoms with Crippen molar-refractivity contribution in [2.24, 2.45) is 0 Å². The highest BCUT2D eigenvalue weighted by Gasteiger charge is 2.38. The normalized spacial score (nSPS) is 22.4. The van der Waals surface area contributed by atoms with Gasteiger partial charge in [0.2, 0.25) is 6.41 Å². The zero-order chi connectivity index (χ0) is 14.9. The number of hydrogen-bond acceptors (Lipinski definition) is 3. The molecule has 110 valence electrons. The summed E-state index contributed by atoms with van der Waals surface area (Å²) in [6, 6.07) is 3.98. The Labute approximate surface area is 121 Å². The molecule has 1 aliphatic rings. The minimum absolute atomic E-state index is 0.0183. The third-order valence-electron chi connectivity index (χ3n) is 2.94. The molecule has 1 aliphatic heterocycles. The molecule has 1 aromatic carbocycles. The Hall–Kier alpha value is -1.28. The molecule has 4 nitrogen and oxygen atoms in total. The van der Waals surface area contributed by atoms with Crippen molar-refractivity contribution in [3.05, 3.63) is 28.2 Å². The Balaban J connectivity index is 2.18. The smallest absolute Gasteiger partial charge is 0.422 e. The zero-order valence-corrected chi connectivity index (χ0v) is 11.7. The highest BCUT2D eigenvalue weighted by Crippen LogP contribution is 2.36. The van der Waals surface area contributed by atoms with Gasteiger partial charge in [-0.15, -0.1) is 0 Å². The molecule has 1 heterocycles. The Morgan fingerprint density at radius 2 is 2.20 bits per heavy atom. The summed E-state index contributed by atoms with van der Waals surface area (Å²) in [6.45, 7) is -1.19. The van der Waals surface area contributed by atoms with Crippen molar-refractivity contribution in [3.8, 4) is 5.75 Å². The summed E-state index contributed by atoms with van der Waals surface area (Å²) >= 11 is 3.10. The summed E-state index contributed by atoms with van der Waals surface area (Å²) in [7, 11) is 0. The Morgan fingerprint density at radius 1 is 1.50 bits per heavy atom. The molecule has 0 saturated carbocycles. The van der Waals surface area contributed by atoms with E-state index < -0.39 is 24.9 Å². The van der Waals surface area contributed by atoms with E-state index in [9.17, 15) is 23.1 Å². The van der Waals surface area contributed by atoms with Gasteiger partial charge in [-0.25, -0.2) is 0 Å². The summed E-state index contributed by atoms with van der Waals surface area (Å²) in [4.78, 5) is 12.1. The van der Waals surface area contributed by atoms with E-state index in [0.717, 1.165) is 0 Å². The van der Waals surface area contributed by atoms with Crippen molar-refractivity contribution in [1.82, 2.24) is 4.90 Å². The largest absolute Gasteiger partial charge is 0.483 e. The van der Waals surface area contributed by atoms with E-state index in [1.54, 1.807) is 6.07 Å². The number of β-amino-alcohol motifs (C(OH)–C–C–N with tert-alkyl or cyclic N) is 1. The maximum Gasteiger partial charge on any atom is 0.422 e. The molecule has 2 rings (SSSR count). The van der Waals surface area contributed by atoms with E-state index >= 15 is 0 Å². The summed E-state index contributed by atoms with van der Waals surface area (Å²) in [5.74, 6) is 0.0183. The number of ether oxygens (including phenoxy) is 1. The van der Waals surface area contributed by atoms with Gasteiger partial charge in [-0.2, -0.15) is 13.2 Å². The predicted octanol–water partition coefficient (Wildman–Crippen LogP) is 2.26. The number of carbonyl (C=O) groups is 1. The standard InChI is InChI=1S/C12H11BrF3NO3/c13-8-2-1-7(11-9(19)4-17(11)6-18)3-10(8)20-5-12(14,15)16/h1-3,6,9,11,19H,4-5H2. The van der Waals surface area contributed by atoms with Crippen LogP contribution >= 0.6 is 15.9 Å². The van der Waals surface area contributed by atoms with Crippen LogP contribution in [-0.4, -0.2) is 41.8 Å². The van der Waals surface area contributed by atoms with E-state index in [4.69, 9.17) is 4.74 Å². The fraction of sp³-hybridized carbons (Fsp3) is 0.417. The second kappa shape index (κ2) is 5.61. The number of rotatable bonds is 4. The molecule has 0 aliphatic carbocycles. The molecule has 0 aromatic heterocycles. The fourth-order valence-electron chi connectivity index (χ4n) is 2.01. The third-order valence-corrected chi connectivity index (χ3v) is 3.60. The van der Waals surface area contributed by atoms with E-state index in [1.165, 1.54) is 17.0 Å². The van der Waals surface area contributed by atoms with Crippen LogP contribution in [0.2, 0.25) is 0 Å². The molecule has 0 spiro atoms. The lowest BCUT2D eigenvalue weighted by molar-refractivity contribution is -0.153. The first-order chi connectivity index (χ1) is 9.31. The number of alkyl halides is 3. The number of amides is 1. The van der Waals surface area contributed by atoms with Gasteiger partial charge in [0.1, 0.15) is 5.75 Å². The van der Waals surface area contributed by atoms with Gasteiger partial charge in [-0.05, 0) is 33.6 Å². The summed E-state index contributed by atoms with van der Waals surface area (Å²) in [6.07, 6.45) is -4.56. The summed E-state index contributed by atoms with van der Waals surface area (Å²) in [5, 5.41) is 9.65. The number of carbonyl (C=O) groups excluding carboxylic acids is 1. The Bertz CT molecular complexity index is 509. The number of hydrogen-bond donors (Lipinski definition) is 1. The van der Waals surface area contributed by atoms with E-state index in [2.05, 4.69) is 15.9 Å². The van der Waals surface area contributed by atoms with Gasteiger partial charge < -0.3 is 14.7 Å². The van der Waals surface area contributed by atoms with Crippen LogP contribution in [0.5, 0.6) is 5.75 Å². The fourth-order valence-corrected chi connectivity index (χ4v) is 2.37. The van der Waals surface area contributed by atoms with Crippen LogP contribution in [0.1, 0.15) is 11.6 Å². The lowest BCUT2D eigenvalue weighted by Gasteiger charge is -2.43. The molecule has 1 saturated heterocycles. The van der Waals surface area contributed by atoms with Crippen LogP contribution in [0.25, 0.3) is 0 Å². The third kappa shape index (κ3) is 3.24. The molecule has 8 heteroatoms. The Kier molecular flexibility index (Phi) is 4.24. The summed E-state index contributed by atoms with van der Waals surface area (Å²) < 4.78 is 41.5. The quantitative estimate of drug-likeness (QED) is 0.844. The Morgan fingerprint density at radius 3 is 2.75 bits per heavy atom. The molecular weight excluding hydrogens is 343 g/mol. The van der Waals surface area contributed by atoms with Crippen LogP contribution in [0.4, 0.5) is 13.2 Å². The molecule has 2 atom stereocenters. The molecule has 1 N–H and O–H groups in total. The molecule has 2 unspecified atom stereocenters. The maximum atomic E-state index is 12.2. The minimum atomic E-state index is -4.43. The van der Waals surface area contributed by atoms with Crippen molar-refractivity contribution >= 4 is 22.3 Å². The molecule has 1 fully saturated rings. The first-order valence-electron chi connectivity index (χ1n) is 5.70. The number of likely N-dealkylation sites (tertiary alicyclic amines) is 1. The van der Waals surface area contributed by atoms with Crippen LogP contribution in [0, 0.1) is 0 Å². The average molecular weight is 354 g/mol. The molecular formula is C12H11BrF3NO3. The summed E-state index contributed by atoms with van der Waals surface area (Å²) in [5.41, 5.74) is 0.524. The van der Waals surface area contributed by atoms with Crippen molar-refractivity contribution in [3.63, 3.8) is 0 Å². The predicted molar refractivity (Wildman–Crippen MR) is 67.2 cm³/mol. The molecule has 1 aromatic rings. The van der Waals surface area contributed by atoms with Crippen LogP contribution in [0.3, 0.4) is 0 Å². The lowest BCUT2D eigenvalue weighted by atomic mass is 9.92. The van der Waals surface area contributed by atoms with Crippen molar-refractivity contribution in [2.45, 2.75) is 18.3 Å². The van der Waals surface area contributed by atoms with Crippen molar-refractivity contribution in [2.75, 3.05) is 13.2 Å². The van der Waals surface area contributed by atoms with E-state index in [-0.39, 0.29) is 12.3 Å². The number of halogens is 4. The highest BCUT2D eigenvalue weighted by molar-refractivity contribution is 9.10. The number of aliphatic hydroxyl groups excluding tert-OH is 1. The second-order valence-electron chi connectivity index (χ2n) is 4.41. The maximum absolute atomic E-state index is 12.2. The van der Waals surface area contributed by atoms with Gasteiger partial charge in [-0.3, -0.25) is 4.79 Å². The topological polar surface area (TPSA) is 49.8 Å². The highest BCUT2D eigenvalue weighted by atomic mass is 79.9. The van der Waals surface area contributed by atoms with Gasteiger partial charge in [0.25, 0.3) is 0 Å². The minimum Gasteiger partial charge on any atom is -0.483 e. The average Bonchev–Trinajstić information content (AvgIpc) is 2.35. The number of benzene rings is 1. The van der Waals surface area contributed by atoms with Gasteiger partial charge in [0, 0.05) is 6.54 Å². The first-order valence-corrected chi connectivity index (χ1v) is 6.49. The van der Waals surface area contributed by atoms with Gasteiger partial charge in [-0.1, -0.05) is 6.07 Å². The van der Waals surface area contributed by atoms with Crippen molar-refractivity contribution < 1.29 is 27.8 Å². The molecule has 1 amide bonds. The van der Waals surface area contributed by atoms with Crippen molar-refractivity contribution in [1.29, 1.82) is 0 Å². The lowest BCUT2D eigenvalue weighted by Crippen LogP contribution is -2.52. The molecule has 0 bridgehead atoms. The van der Waals surface area contributed by atoms with Gasteiger partial charge in [0.05, 0.1) is 16.6 Å². The van der Waals surface area contributed by atoms with Gasteiger partial charge in [0.15, 0.2) is 6.61 Å². The van der Waals surface area contributed by atoms with Crippen LogP contribution in [-0.2, 0) is 4.79 Å². The monoisotopic (exact) mass is 353 g/mol. The SMILES string of the molecule is O=CN1CC(O)C1c1ccc(Br)c(OCC(F)(F)F)c1. The zero-order valence-electron chi connectivity index (χ0n) is 10.1. The molecule has 20 heavy (non-hydrogen) atoms. The van der Waals surface area contributed by atoms with E-state index in [0.29, 0.717) is 16.4 Å². The van der Waals surface area contributed by atoms with E-state index in [1.807, 2.05) is 0 Å². The van der Waals surface area contributed by atoms with Crippen LogP contribution in [0.15, 0.2) is 22.7 Å². The molecule has 0 radical (unpaired) electrons.